The lowest BCUT2D eigenvalue weighted by Crippen LogP contribution is -2.29. The molecule has 1 saturated heterocycles. The molecular formula is C28H29NO4. The number of aliphatic hydroxyl groups is 1. The van der Waals surface area contributed by atoms with Crippen LogP contribution in [0.2, 0.25) is 0 Å². The summed E-state index contributed by atoms with van der Waals surface area (Å²) in [7, 11) is 0. The highest BCUT2D eigenvalue weighted by molar-refractivity contribution is 6.51. The van der Waals surface area contributed by atoms with E-state index in [-0.39, 0.29) is 16.7 Å². The molecular weight excluding hydrogens is 414 g/mol. The van der Waals surface area contributed by atoms with Gasteiger partial charge in [0.2, 0.25) is 0 Å². The van der Waals surface area contributed by atoms with Gasteiger partial charge in [0.1, 0.15) is 23.3 Å². The van der Waals surface area contributed by atoms with Gasteiger partial charge in [0, 0.05) is 11.3 Å². The highest BCUT2D eigenvalue weighted by Crippen LogP contribution is 2.44. The molecule has 1 fully saturated rings. The maximum Gasteiger partial charge on any atom is 0.300 e. The van der Waals surface area contributed by atoms with E-state index in [0.29, 0.717) is 22.8 Å². The van der Waals surface area contributed by atoms with E-state index in [1.165, 1.54) is 4.90 Å². The van der Waals surface area contributed by atoms with Crippen LogP contribution in [-0.4, -0.2) is 16.8 Å². The first-order valence-corrected chi connectivity index (χ1v) is 11.0. The molecule has 1 aliphatic heterocycles. The SMILES string of the molecule is Cc1ccc(C2/C(=C(\O)c3cc(C(C)(C)C)ccc3C)C(=O)C(=O)N2c2ccccc2C)o1. The van der Waals surface area contributed by atoms with Crippen molar-refractivity contribution in [1.29, 1.82) is 0 Å². The Morgan fingerprint density at radius 1 is 0.939 bits per heavy atom. The van der Waals surface area contributed by atoms with Crippen LogP contribution >= 0.6 is 0 Å². The summed E-state index contributed by atoms with van der Waals surface area (Å²) in [6, 6.07) is 15.9. The summed E-state index contributed by atoms with van der Waals surface area (Å²) < 4.78 is 5.89. The molecule has 3 aromatic rings. The van der Waals surface area contributed by atoms with Crippen molar-refractivity contribution in [2.24, 2.45) is 0 Å². The van der Waals surface area contributed by atoms with Crippen molar-refractivity contribution in [1.82, 2.24) is 0 Å². The Morgan fingerprint density at radius 2 is 1.64 bits per heavy atom. The van der Waals surface area contributed by atoms with Crippen LogP contribution in [0.25, 0.3) is 5.76 Å². The van der Waals surface area contributed by atoms with E-state index in [0.717, 1.165) is 16.7 Å². The van der Waals surface area contributed by atoms with Crippen molar-refractivity contribution in [3.8, 4) is 0 Å². The van der Waals surface area contributed by atoms with E-state index in [9.17, 15) is 14.7 Å². The highest BCUT2D eigenvalue weighted by Gasteiger charge is 2.48. The van der Waals surface area contributed by atoms with Gasteiger partial charge in [0.25, 0.3) is 11.7 Å². The third-order valence-corrected chi connectivity index (χ3v) is 6.21. The summed E-state index contributed by atoms with van der Waals surface area (Å²) in [5.74, 6) is -0.510. The number of benzene rings is 2. The fourth-order valence-electron chi connectivity index (χ4n) is 4.27. The van der Waals surface area contributed by atoms with Gasteiger partial charge in [-0.05, 0) is 67.1 Å². The molecule has 0 saturated carbocycles. The summed E-state index contributed by atoms with van der Waals surface area (Å²) in [6.45, 7) is 11.8. The van der Waals surface area contributed by atoms with E-state index in [1.54, 1.807) is 25.1 Å². The molecule has 1 N–H and O–H groups in total. The lowest BCUT2D eigenvalue weighted by Gasteiger charge is -2.25. The van der Waals surface area contributed by atoms with Gasteiger partial charge in [-0.15, -0.1) is 0 Å². The van der Waals surface area contributed by atoms with Crippen molar-refractivity contribution in [3.63, 3.8) is 0 Å². The molecule has 170 valence electrons. The molecule has 1 aromatic heterocycles. The quantitative estimate of drug-likeness (QED) is 0.300. The molecule has 1 unspecified atom stereocenters. The number of furan rings is 1. The Bertz CT molecular complexity index is 1290. The fourth-order valence-corrected chi connectivity index (χ4v) is 4.27. The third-order valence-electron chi connectivity index (χ3n) is 6.21. The molecule has 0 aliphatic carbocycles. The van der Waals surface area contributed by atoms with Crippen LogP contribution in [0.15, 0.2) is 64.6 Å². The van der Waals surface area contributed by atoms with Crippen LogP contribution in [-0.2, 0) is 15.0 Å². The van der Waals surface area contributed by atoms with Crippen molar-refractivity contribution in [3.05, 3.63) is 93.9 Å². The minimum absolute atomic E-state index is 0.0340. The number of rotatable bonds is 3. The van der Waals surface area contributed by atoms with Gasteiger partial charge in [-0.3, -0.25) is 14.5 Å². The predicted octanol–water partition coefficient (Wildman–Crippen LogP) is 6.13. The van der Waals surface area contributed by atoms with Crippen LogP contribution in [0, 0.1) is 20.8 Å². The summed E-state index contributed by atoms with van der Waals surface area (Å²) in [4.78, 5) is 28.1. The van der Waals surface area contributed by atoms with E-state index in [1.807, 2.05) is 50.2 Å². The molecule has 0 spiro atoms. The first-order chi connectivity index (χ1) is 15.5. The summed E-state index contributed by atoms with van der Waals surface area (Å²) in [6.07, 6.45) is 0. The minimum Gasteiger partial charge on any atom is -0.507 e. The third kappa shape index (κ3) is 3.88. The fraction of sp³-hybridized carbons (Fsp3) is 0.286. The Balaban J connectivity index is 1.99. The lowest BCUT2D eigenvalue weighted by atomic mass is 9.84. The van der Waals surface area contributed by atoms with Gasteiger partial charge >= 0.3 is 0 Å². The van der Waals surface area contributed by atoms with Crippen LogP contribution in [0.5, 0.6) is 0 Å². The van der Waals surface area contributed by atoms with Crippen molar-refractivity contribution < 1.29 is 19.1 Å². The lowest BCUT2D eigenvalue weighted by molar-refractivity contribution is -0.132. The first kappa shape index (κ1) is 22.6. The van der Waals surface area contributed by atoms with Crippen LogP contribution in [0.4, 0.5) is 5.69 Å². The molecule has 5 heteroatoms. The molecule has 4 rings (SSSR count). The minimum atomic E-state index is -0.863. The second-order valence-electron chi connectivity index (χ2n) is 9.68. The number of carbonyl (C=O) groups excluding carboxylic acids is 2. The zero-order chi connectivity index (χ0) is 24.1. The number of hydrogen-bond donors (Lipinski definition) is 1. The molecule has 1 atom stereocenters. The Labute approximate surface area is 194 Å². The van der Waals surface area contributed by atoms with Gasteiger partial charge in [0.05, 0.1) is 5.57 Å². The number of para-hydroxylation sites is 1. The van der Waals surface area contributed by atoms with Crippen molar-refractivity contribution in [2.45, 2.75) is 53.0 Å². The largest absolute Gasteiger partial charge is 0.507 e. The second kappa shape index (κ2) is 8.07. The van der Waals surface area contributed by atoms with E-state index >= 15 is 0 Å². The van der Waals surface area contributed by atoms with E-state index in [4.69, 9.17) is 4.42 Å². The average Bonchev–Trinajstić information content (AvgIpc) is 3.29. The zero-order valence-electron chi connectivity index (χ0n) is 19.9. The zero-order valence-corrected chi connectivity index (χ0v) is 19.9. The number of ketones is 1. The normalized spacial score (nSPS) is 18.2. The molecule has 2 heterocycles. The smallest absolute Gasteiger partial charge is 0.300 e. The summed E-state index contributed by atoms with van der Waals surface area (Å²) in [5, 5.41) is 11.5. The second-order valence-corrected chi connectivity index (χ2v) is 9.68. The monoisotopic (exact) mass is 443 g/mol. The van der Waals surface area contributed by atoms with Gasteiger partial charge < -0.3 is 9.52 Å². The number of aliphatic hydroxyl groups excluding tert-OH is 1. The molecule has 1 aliphatic rings. The Hall–Kier alpha value is -3.60. The number of amides is 1. The Kier molecular flexibility index (Phi) is 5.52. The number of nitrogens with zero attached hydrogens (tertiary/aromatic N) is 1. The average molecular weight is 444 g/mol. The molecule has 33 heavy (non-hydrogen) atoms. The van der Waals surface area contributed by atoms with E-state index in [2.05, 4.69) is 20.8 Å². The van der Waals surface area contributed by atoms with Gasteiger partial charge in [-0.2, -0.15) is 0 Å². The molecule has 5 nitrogen and oxygen atoms in total. The molecule has 0 bridgehead atoms. The molecule has 1 amide bonds. The van der Waals surface area contributed by atoms with Crippen LogP contribution < -0.4 is 4.90 Å². The number of carbonyl (C=O) groups is 2. The standard InChI is InChI=1S/C28H29NO4/c1-16-11-13-19(28(4,5)6)15-20(16)25(30)23-24(22-14-12-18(3)33-22)29(27(32)26(23)31)21-10-8-7-9-17(21)2/h7-15,24,30H,1-6H3/b25-23+. The maximum atomic E-state index is 13.3. The number of aryl methyl sites for hydroxylation is 3. The molecule has 2 aromatic carbocycles. The predicted molar refractivity (Wildman–Crippen MR) is 129 cm³/mol. The summed E-state index contributed by atoms with van der Waals surface area (Å²) >= 11 is 0. The van der Waals surface area contributed by atoms with E-state index < -0.39 is 17.7 Å². The number of anilines is 1. The number of Topliss-reactive ketones (excluding diaryl/α,β-unsaturated/α-hetero) is 1. The Morgan fingerprint density at radius 3 is 2.24 bits per heavy atom. The van der Waals surface area contributed by atoms with Gasteiger partial charge in [-0.1, -0.05) is 51.1 Å². The molecule has 0 radical (unpaired) electrons. The van der Waals surface area contributed by atoms with Crippen molar-refractivity contribution in [2.75, 3.05) is 4.90 Å². The van der Waals surface area contributed by atoms with Gasteiger partial charge in [-0.25, -0.2) is 0 Å². The van der Waals surface area contributed by atoms with Crippen molar-refractivity contribution >= 4 is 23.1 Å². The van der Waals surface area contributed by atoms with Gasteiger partial charge in [0.15, 0.2) is 0 Å². The topological polar surface area (TPSA) is 70.8 Å². The maximum absolute atomic E-state index is 13.3. The summed E-state index contributed by atoms with van der Waals surface area (Å²) in [5.41, 5.74) is 3.72. The number of hydrogen-bond acceptors (Lipinski definition) is 4. The first-order valence-electron chi connectivity index (χ1n) is 11.0. The van der Waals surface area contributed by atoms with Crippen LogP contribution in [0.1, 0.15) is 60.6 Å². The highest BCUT2D eigenvalue weighted by atomic mass is 16.3. The van der Waals surface area contributed by atoms with Crippen LogP contribution in [0.3, 0.4) is 0 Å².